The molecule has 0 fully saturated rings. The van der Waals surface area contributed by atoms with Gasteiger partial charge in [-0.15, -0.1) is 0 Å². The first-order valence-electron chi connectivity index (χ1n) is 12.4. The van der Waals surface area contributed by atoms with Gasteiger partial charge in [-0.1, -0.05) is 78.6 Å². The molecule has 31 heavy (non-hydrogen) atoms. The topological polar surface area (TPSA) is 44.2 Å². The minimum Gasteiger partial charge on any atom is -0.494 e. The molecule has 0 aliphatic heterocycles. The Bertz CT molecular complexity index is 685. The molecule has 2 rings (SSSR count). The van der Waals surface area contributed by atoms with Crippen molar-refractivity contribution in [3.8, 4) is 22.9 Å². The first-order valence-corrected chi connectivity index (χ1v) is 12.4. The SMILES string of the molecule is CCCCCCCCOc1cnc(-c2ccc(OCCCCC[C@@H](C)CC)cc2)nc1. The second-order valence-electron chi connectivity index (χ2n) is 8.59. The Morgan fingerprint density at radius 2 is 1.29 bits per heavy atom. The Morgan fingerprint density at radius 1 is 0.710 bits per heavy atom. The monoisotopic (exact) mass is 426 g/mol. The molecule has 4 heteroatoms. The number of nitrogens with zero attached hydrogens (tertiary/aromatic N) is 2. The first kappa shape index (κ1) is 25.2. The van der Waals surface area contributed by atoms with E-state index in [-0.39, 0.29) is 0 Å². The molecule has 0 radical (unpaired) electrons. The van der Waals surface area contributed by atoms with Gasteiger partial charge in [0.1, 0.15) is 5.75 Å². The molecule has 0 bridgehead atoms. The van der Waals surface area contributed by atoms with Crippen molar-refractivity contribution in [3.05, 3.63) is 36.7 Å². The minimum atomic E-state index is 0.712. The van der Waals surface area contributed by atoms with Crippen LogP contribution in [0.4, 0.5) is 0 Å². The lowest BCUT2D eigenvalue weighted by atomic mass is 10.0. The summed E-state index contributed by atoms with van der Waals surface area (Å²) in [7, 11) is 0. The summed E-state index contributed by atoms with van der Waals surface area (Å²) in [6.07, 6.45) is 17.4. The first-order chi connectivity index (χ1) is 15.2. The van der Waals surface area contributed by atoms with Crippen LogP contribution in [0.1, 0.15) is 91.4 Å². The summed E-state index contributed by atoms with van der Waals surface area (Å²) in [6.45, 7) is 8.35. The molecule has 1 atom stereocenters. The molecule has 1 aromatic heterocycles. The van der Waals surface area contributed by atoms with Gasteiger partial charge in [0.2, 0.25) is 0 Å². The van der Waals surface area contributed by atoms with Crippen LogP contribution in [0.3, 0.4) is 0 Å². The van der Waals surface area contributed by atoms with Gasteiger partial charge in [-0.2, -0.15) is 0 Å². The third kappa shape index (κ3) is 10.7. The Morgan fingerprint density at radius 3 is 1.94 bits per heavy atom. The van der Waals surface area contributed by atoms with Crippen molar-refractivity contribution in [2.45, 2.75) is 91.4 Å². The van der Waals surface area contributed by atoms with Crippen LogP contribution in [0.25, 0.3) is 11.4 Å². The fourth-order valence-electron chi connectivity index (χ4n) is 3.48. The molecule has 0 saturated heterocycles. The van der Waals surface area contributed by atoms with Crippen LogP contribution in [-0.4, -0.2) is 23.2 Å². The zero-order valence-electron chi connectivity index (χ0n) is 19.9. The number of unbranched alkanes of at least 4 members (excludes halogenated alkanes) is 7. The third-order valence-corrected chi connectivity index (χ3v) is 5.81. The van der Waals surface area contributed by atoms with Crippen LogP contribution in [0.2, 0.25) is 0 Å². The summed E-state index contributed by atoms with van der Waals surface area (Å²) >= 11 is 0. The molecule has 1 heterocycles. The predicted octanol–water partition coefficient (Wildman–Crippen LogP) is 7.87. The average Bonchev–Trinajstić information content (AvgIpc) is 2.81. The normalized spacial score (nSPS) is 12.0. The maximum atomic E-state index is 5.87. The van der Waals surface area contributed by atoms with Gasteiger partial charge in [-0.25, -0.2) is 9.97 Å². The Kier molecular flexibility index (Phi) is 12.7. The highest BCUT2D eigenvalue weighted by molar-refractivity contribution is 5.56. The van der Waals surface area contributed by atoms with E-state index in [0.29, 0.717) is 5.82 Å². The Hall–Kier alpha value is -2.10. The van der Waals surface area contributed by atoms with Crippen LogP contribution in [-0.2, 0) is 0 Å². The van der Waals surface area contributed by atoms with Crippen molar-refractivity contribution in [3.63, 3.8) is 0 Å². The summed E-state index contributed by atoms with van der Waals surface area (Å²) in [4.78, 5) is 8.92. The highest BCUT2D eigenvalue weighted by Crippen LogP contribution is 2.21. The second-order valence-corrected chi connectivity index (χ2v) is 8.59. The molecule has 172 valence electrons. The van der Waals surface area contributed by atoms with E-state index in [0.717, 1.165) is 49.0 Å². The molecule has 0 saturated carbocycles. The number of benzene rings is 1. The van der Waals surface area contributed by atoms with Crippen molar-refractivity contribution < 1.29 is 9.47 Å². The van der Waals surface area contributed by atoms with E-state index in [2.05, 4.69) is 30.7 Å². The van der Waals surface area contributed by atoms with Gasteiger partial charge in [0.15, 0.2) is 11.6 Å². The predicted molar refractivity (Wildman–Crippen MR) is 130 cm³/mol. The number of rotatable bonds is 17. The molecule has 1 aromatic carbocycles. The molecule has 0 spiro atoms. The van der Waals surface area contributed by atoms with Crippen molar-refractivity contribution in [1.82, 2.24) is 9.97 Å². The van der Waals surface area contributed by atoms with Gasteiger partial charge in [0.05, 0.1) is 25.6 Å². The fraction of sp³-hybridized carbons (Fsp3) is 0.630. The molecular formula is C27H42N2O2. The number of hydrogen-bond donors (Lipinski definition) is 0. The van der Waals surface area contributed by atoms with Gasteiger partial charge < -0.3 is 9.47 Å². The van der Waals surface area contributed by atoms with Gasteiger partial charge in [0.25, 0.3) is 0 Å². The summed E-state index contributed by atoms with van der Waals surface area (Å²) < 4.78 is 11.6. The van der Waals surface area contributed by atoms with Crippen LogP contribution in [0, 0.1) is 5.92 Å². The quantitative estimate of drug-likeness (QED) is 0.241. The van der Waals surface area contributed by atoms with E-state index in [1.54, 1.807) is 12.4 Å². The number of ether oxygens (including phenoxy) is 2. The van der Waals surface area contributed by atoms with Crippen molar-refractivity contribution in [2.75, 3.05) is 13.2 Å². The van der Waals surface area contributed by atoms with Gasteiger partial charge in [-0.05, 0) is 43.0 Å². The van der Waals surface area contributed by atoms with Crippen LogP contribution in [0.15, 0.2) is 36.7 Å². The van der Waals surface area contributed by atoms with E-state index < -0.39 is 0 Å². The fourth-order valence-corrected chi connectivity index (χ4v) is 3.48. The van der Waals surface area contributed by atoms with Crippen LogP contribution >= 0.6 is 0 Å². The Labute approximate surface area is 189 Å². The summed E-state index contributed by atoms with van der Waals surface area (Å²) in [5.74, 6) is 3.20. The van der Waals surface area contributed by atoms with Gasteiger partial charge >= 0.3 is 0 Å². The van der Waals surface area contributed by atoms with Crippen molar-refractivity contribution in [1.29, 1.82) is 0 Å². The third-order valence-electron chi connectivity index (χ3n) is 5.81. The molecule has 0 unspecified atom stereocenters. The van der Waals surface area contributed by atoms with Gasteiger partial charge in [0, 0.05) is 5.56 Å². The van der Waals surface area contributed by atoms with E-state index in [9.17, 15) is 0 Å². The second kappa shape index (κ2) is 15.7. The summed E-state index contributed by atoms with van der Waals surface area (Å²) in [6, 6.07) is 8.04. The maximum Gasteiger partial charge on any atom is 0.159 e. The zero-order chi connectivity index (χ0) is 22.2. The summed E-state index contributed by atoms with van der Waals surface area (Å²) in [5.41, 5.74) is 0.989. The molecule has 0 aliphatic carbocycles. The number of hydrogen-bond acceptors (Lipinski definition) is 4. The standard InChI is InChI=1S/C27H42N2O2/c1-4-6-7-8-9-12-20-31-26-21-28-27(29-22-26)24-15-17-25(18-16-24)30-19-13-10-11-14-23(3)5-2/h15-18,21-23H,4-14,19-20H2,1-3H3/t23-/m0/s1. The van der Waals surface area contributed by atoms with E-state index in [4.69, 9.17) is 9.47 Å². The van der Waals surface area contributed by atoms with Crippen molar-refractivity contribution >= 4 is 0 Å². The minimum absolute atomic E-state index is 0.712. The highest BCUT2D eigenvalue weighted by Gasteiger charge is 2.04. The van der Waals surface area contributed by atoms with Crippen LogP contribution < -0.4 is 9.47 Å². The van der Waals surface area contributed by atoms with Crippen molar-refractivity contribution in [2.24, 2.45) is 5.92 Å². The van der Waals surface area contributed by atoms with Gasteiger partial charge in [-0.3, -0.25) is 0 Å². The molecule has 0 aliphatic rings. The lowest BCUT2D eigenvalue weighted by Gasteiger charge is -2.09. The van der Waals surface area contributed by atoms with Crippen LogP contribution in [0.5, 0.6) is 11.5 Å². The van der Waals surface area contributed by atoms with E-state index in [1.807, 2.05) is 24.3 Å². The Balaban J connectivity index is 1.65. The lowest BCUT2D eigenvalue weighted by Crippen LogP contribution is -1.99. The molecular weight excluding hydrogens is 384 g/mol. The average molecular weight is 427 g/mol. The van der Waals surface area contributed by atoms with E-state index >= 15 is 0 Å². The molecule has 4 nitrogen and oxygen atoms in total. The summed E-state index contributed by atoms with van der Waals surface area (Å²) in [5, 5.41) is 0. The number of aromatic nitrogens is 2. The van der Waals surface area contributed by atoms with E-state index in [1.165, 1.54) is 57.8 Å². The maximum absolute atomic E-state index is 5.87. The smallest absolute Gasteiger partial charge is 0.159 e. The largest absolute Gasteiger partial charge is 0.494 e. The molecule has 0 N–H and O–H groups in total. The molecule has 2 aromatic rings. The highest BCUT2D eigenvalue weighted by atomic mass is 16.5. The lowest BCUT2D eigenvalue weighted by molar-refractivity contribution is 0.302. The zero-order valence-corrected chi connectivity index (χ0v) is 19.9. The molecule has 0 amide bonds.